The van der Waals surface area contributed by atoms with Crippen molar-refractivity contribution in [3.05, 3.63) is 53.7 Å². The molecule has 25 heavy (non-hydrogen) atoms. The van der Waals surface area contributed by atoms with Crippen LogP contribution < -0.4 is 0 Å². The highest BCUT2D eigenvalue weighted by atomic mass is 15.1. The molecule has 0 aliphatic heterocycles. The fraction of sp³-hybridized carbons (Fsp3) is 0.458. The molecule has 4 aliphatic carbocycles. The average molecular weight is 325 g/mol. The minimum absolute atomic E-state index is 0.336. The van der Waals surface area contributed by atoms with Gasteiger partial charge in [-0.05, 0) is 40.2 Å². The Bertz CT molecular complexity index is 1170. The Balaban J connectivity index is 1.65. The Morgan fingerprint density at radius 2 is 1.52 bits per heavy atom. The van der Waals surface area contributed by atoms with Crippen molar-refractivity contribution in [1.82, 2.24) is 4.98 Å². The van der Waals surface area contributed by atoms with Crippen molar-refractivity contribution in [3.8, 4) is 0 Å². The van der Waals surface area contributed by atoms with Crippen molar-refractivity contribution < 1.29 is 0 Å². The van der Waals surface area contributed by atoms with E-state index in [4.69, 9.17) is 4.98 Å². The van der Waals surface area contributed by atoms with Crippen molar-refractivity contribution >= 4 is 21.7 Å². The van der Waals surface area contributed by atoms with E-state index in [1.165, 1.54) is 34.5 Å². The number of hydrogen-bond donors (Lipinski definition) is 0. The van der Waals surface area contributed by atoms with Gasteiger partial charge in [0.05, 0.1) is 5.52 Å². The topological polar surface area (TPSA) is 12.9 Å². The van der Waals surface area contributed by atoms with Crippen LogP contribution in [0.25, 0.3) is 21.7 Å². The number of benzene rings is 2. The number of rotatable bonds is 0. The molecule has 1 nitrogen and oxygen atoms in total. The van der Waals surface area contributed by atoms with Crippen LogP contribution in [-0.2, 0) is 10.8 Å². The molecule has 0 amide bonds. The maximum Gasteiger partial charge on any atom is 0.0783 e. The summed E-state index contributed by atoms with van der Waals surface area (Å²) in [5.41, 5.74) is 6.67. The van der Waals surface area contributed by atoms with Crippen LogP contribution >= 0.6 is 0 Å². The SMILES string of the molecule is CC12CC3(C)C4(C)CC(C)(c5c1cnc1c5ccc5ccccc51)C234. The van der Waals surface area contributed by atoms with Gasteiger partial charge < -0.3 is 0 Å². The van der Waals surface area contributed by atoms with Crippen LogP contribution in [0.5, 0.6) is 0 Å². The maximum absolute atomic E-state index is 5.02. The first-order chi connectivity index (χ1) is 11.9. The van der Waals surface area contributed by atoms with Gasteiger partial charge in [0.1, 0.15) is 0 Å². The lowest BCUT2D eigenvalue weighted by Crippen LogP contribution is -2.56. The lowest BCUT2D eigenvalue weighted by molar-refractivity contribution is -0.0343. The Morgan fingerprint density at radius 1 is 0.800 bits per heavy atom. The van der Waals surface area contributed by atoms with Gasteiger partial charge in [0.15, 0.2) is 0 Å². The van der Waals surface area contributed by atoms with Crippen molar-refractivity contribution in [3.63, 3.8) is 0 Å². The van der Waals surface area contributed by atoms with Gasteiger partial charge in [-0.1, -0.05) is 64.1 Å². The first-order valence-electron chi connectivity index (χ1n) is 9.67. The van der Waals surface area contributed by atoms with Gasteiger partial charge in [-0.15, -0.1) is 0 Å². The predicted molar refractivity (Wildman–Crippen MR) is 102 cm³/mol. The summed E-state index contributed by atoms with van der Waals surface area (Å²) in [7, 11) is 0. The summed E-state index contributed by atoms with van der Waals surface area (Å²) in [6.45, 7) is 10.2. The lowest BCUT2D eigenvalue weighted by Gasteiger charge is -2.57. The van der Waals surface area contributed by atoms with Crippen molar-refractivity contribution in [2.75, 3.05) is 0 Å². The van der Waals surface area contributed by atoms with Crippen molar-refractivity contribution in [2.24, 2.45) is 16.2 Å². The molecule has 5 atom stereocenters. The van der Waals surface area contributed by atoms with E-state index >= 15 is 0 Å². The summed E-state index contributed by atoms with van der Waals surface area (Å²) in [6, 6.07) is 13.3. The van der Waals surface area contributed by atoms with E-state index in [2.05, 4.69) is 70.3 Å². The zero-order chi connectivity index (χ0) is 17.0. The third-order valence-electron chi connectivity index (χ3n) is 9.79. The van der Waals surface area contributed by atoms with E-state index < -0.39 is 0 Å². The number of hydrogen-bond acceptors (Lipinski definition) is 1. The van der Waals surface area contributed by atoms with Gasteiger partial charge in [0.2, 0.25) is 0 Å². The Morgan fingerprint density at radius 3 is 2.28 bits per heavy atom. The van der Waals surface area contributed by atoms with Crippen LogP contribution in [0.15, 0.2) is 42.6 Å². The molecule has 5 unspecified atom stereocenters. The lowest BCUT2D eigenvalue weighted by atomic mass is 9.45. The molecule has 0 bridgehead atoms. The van der Waals surface area contributed by atoms with E-state index in [0.717, 1.165) is 0 Å². The fourth-order valence-electron chi connectivity index (χ4n) is 9.75. The Labute approximate surface area is 148 Å². The number of pyridine rings is 1. The Kier molecular flexibility index (Phi) is 1.67. The second-order valence-corrected chi connectivity index (χ2v) is 10.2. The van der Waals surface area contributed by atoms with Gasteiger partial charge in [0.25, 0.3) is 0 Å². The molecule has 4 aliphatic rings. The highest BCUT2D eigenvalue weighted by Crippen LogP contribution is 3.09. The first kappa shape index (κ1) is 13.3. The average Bonchev–Trinajstić information content (AvgIpc) is 2.83. The molecule has 1 heterocycles. The molecule has 1 spiro atoms. The molecule has 0 N–H and O–H groups in total. The number of nitrogens with zero attached hydrogens (tertiary/aromatic N) is 1. The summed E-state index contributed by atoms with van der Waals surface area (Å²) < 4.78 is 0. The first-order valence-corrected chi connectivity index (χ1v) is 9.67. The normalized spacial score (nSPS) is 47.7. The third-order valence-corrected chi connectivity index (χ3v) is 9.79. The minimum Gasteiger partial charge on any atom is -0.255 e. The summed E-state index contributed by atoms with van der Waals surface area (Å²) in [5, 5.41) is 4.02. The van der Waals surface area contributed by atoms with Crippen LogP contribution in [0.1, 0.15) is 51.7 Å². The Hall–Kier alpha value is -1.89. The van der Waals surface area contributed by atoms with Crippen molar-refractivity contribution in [1.29, 1.82) is 0 Å². The van der Waals surface area contributed by atoms with Crippen LogP contribution in [0, 0.1) is 16.2 Å². The third kappa shape index (κ3) is 0.858. The summed E-state index contributed by atoms with van der Waals surface area (Å²) in [6.07, 6.45) is 4.95. The summed E-state index contributed by atoms with van der Waals surface area (Å²) in [5.74, 6) is 0. The molecule has 3 saturated carbocycles. The zero-order valence-corrected chi connectivity index (χ0v) is 15.4. The fourth-order valence-corrected chi connectivity index (χ4v) is 9.75. The number of aromatic nitrogens is 1. The van der Waals surface area contributed by atoms with Gasteiger partial charge in [-0.2, -0.15) is 0 Å². The molecule has 3 aromatic rings. The minimum atomic E-state index is 0.336. The largest absolute Gasteiger partial charge is 0.255 e. The molecular formula is C24H23N. The van der Waals surface area contributed by atoms with E-state index in [1.807, 2.05) is 0 Å². The second kappa shape index (κ2) is 3.13. The molecule has 1 heteroatoms. The van der Waals surface area contributed by atoms with Crippen LogP contribution in [0.4, 0.5) is 0 Å². The van der Waals surface area contributed by atoms with Crippen molar-refractivity contribution in [2.45, 2.75) is 51.4 Å². The molecule has 7 rings (SSSR count). The molecule has 1 aromatic heterocycles. The maximum atomic E-state index is 5.02. The smallest absolute Gasteiger partial charge is 0.0783 e. The van der Waals surface area contributed by atoms with E-state index in [-0.39, 0.29) is 0 Å². The van der Waals surface area contributed by atoms with Crippen LogP contribution in [0.3, 0.4) is 0 Å². The molecule has 3 fully saturated rings. The van der Waals surface area contributed by atoms with E-state index in [1.54, 1.807) is 11.1 Å². The molecule has 0 radical (unpaired) electrons. The zero-order valence-electron chi connectivity index (χ0n) is 15.4. The van der Waals surface area contributed by atoms with Gasteiger partial charge >= 0.3 is 0 Å². The molecular weight excluding hydrogens is 302 g/mol. The van der Waals surface area contributed by atoms with Gasteiger partial charge in [0, 0.05) is 33.2 Å². The van der Waals surface area contributed by atoms with E-state index in [9.17, 15) is 0 Å². The summed E-state index contributed by atoms with van der Waals surface area (Å²) >= 11 is 0. The molecule has 124 valence electrons. The number of fused-ring (bicyclic) bond motifs is 8. The quantitative estimate of drug-likeness (QED) is 0.480. The monoisotopic (exact) mass is 325 g/mol. The standard InChI is InChI=1S/C24H23N/c1-20-12-22(3)23(4)13-21(2,24(20,22)23)18-16-10-9-14-7-5-6-8-15(14)19(16)25-11-17(18)20/h5-11H,12-13H2,1-4H3. The molecule has 2 aromatic carbocycles. The van der Waals surface area contributed by atoms with Crippen LogP contribution in [-0.4, -0.2) is 4.98 Å². The highest BCUT2D eigenvalue weighted by molar-refractivity contribution is 6.07. The predicted octanol–water partition coefficient (Wildman–Crippen LogP) is 5.74. The highest BCUT2D eigenvalue weighted by Gasteiger charge is 3.06. The summed E-state index contributed by atoms with van der Waals surface area (Å²) in [4.78, 5) is 5.02. The van der Waals surface area contributed by atoms with Gasteiger partial charge in [-0.25, -0.2) is 0 Å². The van der Waals surface area contributed by atoms with E-state index in [0.29, 0.717) is 27.1 Å². The van der Waals surface area contributed by atoms with Gasteiger partial charge in [-0.3, -0.25) is 4.98 Å². The van der Waals surface area contributed by atoms with Crippen LogP contribution in [0.2, 0.25) is 0 Å². The second-order valence-electron chi connectivity index (χ2n) is 10.2. The molecule has 0 saturated heterocycles.